The quantitative estimate of drug-likeness (QED) is 0.586. The van der Waals surface area contributed by atoms with Gasteiger partial charge in [-0.25, -0.2) is 9.59 Å². The van der Waals surface area contributed by atoms with Crippen LogP contribution in [-0.2, 0) is 19.1 Å². The predicted molar refractivity (Wildman–Crippen MR) is 122 cm³/mol. The summed E-state index contributed by atoms with van der Waals surface area (Å²) in [6.07, 6.45) is 2.11. The van der Waals surface area contributed by atoms with Gasteiger partial charge in [0.05, 0.1) is 12.1 Å². The van der Waals surface area contributed by atoms with Crippen molar-refractivity contribution in [3.05, 3.63) is 11.6 Å². The Kier molecular flexibility index (Phi) is 9.42. The Labute approximate surface area is 191 Å². The zero-order valence-corrected chi connectivity index (χ0v) is 21.1. The minimum atomic E-state index is -0.847. The van der Waals surface area contributed by atoms with E-state index in [0.717, 1.165) is 0 Å². The van der Waals surface area contributed by atoms with Crippen LogP contribution in [0, 0.1) is 11.8 Å². The number of rotatable bonds is 6. The fraction of sp³-hybridized carbons (Fsp3) is 0.783. The number of nitrogens with one attached hydrogen (secondary N) is 1. The highest BCUT2D eigenvalue weighted by molar-refractivity contribution is 6.25. The molecule has 0 spiro atoms. The van der Waals surface area contributed by atoms with Crippen molar-refractivity contribution in [2.75, 3.05) is 0 Å². The molecule has 0 radical (unpaired) electrons. The van der Waals surface area contributed by atoms with Gasteiger partial charge in [0.1, 0.15) is 17.2 Å². The van der Waals surface area contributed by atoms with E-state index in [2.05, 4.69) is 5.32 Å². The maximum absolute atomic E-state index is 13.3. The van der Waals surface area contributed by atoms with Crippen LogP contribution in [0.15, 0.2) is 11.6 Å². The van der Waals surface area contributed by atoms with E-state index in [-0.39, 0.29) is 23.8 Å². The maximum atomic E-state index is 13.3. The standard InChI is InChI=1S/C23H39ClN2O5/c1-14(2)12-17(25-15(3)27)19-16(10-11-24)13-18(20(28)30-22(4,5)6)26(19)21(29)31-23(7,8)9/h10-11,14,16-19H,12-13H2,1-9H3,(H,25,27)/t16-,17+,18-,19-/m1/s1. The number of halogens is 1. The van der Waals surface area contributed by atoms with Crippen molar-refractivity contribution in [3.63, 3.8) is 0 Å². The summed E-state index contributed by atoms with van der Waals surface area (Å²) >= 11 is 5.91. The third-order valence-corrected chi connectivity index (χ3v) is 4.87. The lowest BCUT2D eigenvalue weighted by Gasteiger charge is -2.38. The normalized spacial score (nSPS) is 23.2. The Hall–Kier alpha value is -1.76. The number of nitrogens with zero attached hydrogens (tertiary/aromatic N) is 1. The van der Waals surface area contributed by atoms with Crippen molar-refractivity contribution in [1.82, 2.24) is 10.2 Å². The zero-order chi connectivity index (χ0) is 24.1. The Balaban J connectivity index is 3.50. The summed E-state index contributed by atoms with van der Waals surface area (Å²) in [7, 11) is 0. The molecule has 4 atom stereocenters. The maximum Gasteiger partial charge on any atom is 0.411 e. The third kappa shape index (κ3) is 8.71. The number of likely N-dealkylation sites (tertiary alicyclic amines) is 1. The van der Waals surface area contributed by atoms with E-state index in [1.807, 2.05) is 13.8 Å². The highest BCUT2D eigenvalue weighted by atomic mass is 35.5. The Bertz CT molecular complexity index is 678. The van der Waals surface area contributed by atoms with Crippen molar-refractivity contribution in [3.8, 4) is 0 Å². The summed E-state index contributed by atoms with van der Waals surface area (Å²) in [5.41, 5.74) is -0.0632. The summed E-state index contributed by atoms with van der Waals surface area (Å²) in [5, 5.41) is 2.98. The van der Waals surface area contributed by atoms with Gasteiger partial charge in [-0.3, -0.25) is 9.69 Å². The molecule has 0 aromatic rings. The van der Waals surface area contributed by atoms with E-state index in [9.17, 15) is 14.4 Å². The van der Waals surface area contributed by atoms with Gasteiger partial charge in [-0.1, -0.05) is 31.5 Å². The van der Waals surface area contributed by atoms with Crippen LogP contribution in [0.5, 0.6) is 0 Å². The lowest BCUT2D eigenvalue weighted by Crippen LogP contribution is -2.57. The monoisotopic (exact) mass is 458 g/mol. The Morgan fingerprint density at radius 3 is 2.06 bits per heavy atom. The van der Waals surface area contributed by atoms with Crippen LogP contribution in [0.2, 0.25) is 0 Å². The van der Waals surface area contributed by atoms with Gasteiger partial charge in [-0.05, 0) is 60.3 Å². The molecular formula is C23H39ClN2O5. The van der Waals surface area contributed by atoms with Crippen LogP contribution in [0.25, 0.3) is 0 Å². The summed E-state index contributed by atoms with van der Waals surface area (Å²) in [6.45, 7) is 16.2. The van der Waals surface area contributed by atoms with Gasteiger partial charge in [0.2, 0.25) is 5.91 Å². The third-order valence-electron chi connectivity index (χ3n) is 4.72. The average molecular weight is 459 g/mol. The van der Waals surface area contributed by atoms with Gasteiger partial charge in [-0.2, -0.15) is 0 Å². The van der Waals surface area contributed by atoms with Crippen LogP contribution >= 0.6 is 11.6 Å². The second kappa shape index (κ2) is 10.7. The van der Waals surface area contributed by atoms with Crippen LogP contribution in [0.3, 0.4) is 0 Å². The number of hydrogen-bond donors (Lipinski definition) is 1. The lowest BCUT2D eigenvalue weighted by molar-refractivity contribution is -0.160. The van der Waals surface area contributed by atoms with Gasteiger partial charge < -0.3 is 14.8 Å². The molecule has 0 aliphatic carbocycles. The summed E-state index contributed by atoms with van der Waals surface area (Å²) in [4.78, 5) is 39.8. The number of carbonyl (C=O) groups is 3. The van der Waals surface area contributed by atoms with E-state index in [1.54, 1.807) is 47.6 Å². The van der Waals surface area contributed by atoms with Crippen LogP contribution in [-0.4, -0.2) is 52.2 Å². The van der Waals surface area contributed by atoms with Crippen molar-refractivity contribution in [2.45, 2.75) is 104 Å². The molecule has 0 saturated carbocycles. The molecule has 1 rings (SSSR count). The molecule has 1 N–H and O–H groups in total. The molecule has 0 aromatic carbocycles. The molecule has 2 amide bonds. The van der Waals surface area contributed by atoms with Gasteiger partial charge in [-0.15, -0.1) is 0 Å². The molecule has 0 unspecified atom stereocenters. The number of carbonyl (C=O) groups excluding carboxylic acids is 3. The first-order chi connectivity index (χ1) is 14.1. The average Bonchev–Trinajstić information content (AvgIpc) is 2.90. The second-order valence-corrected chi connectivity index (χ2v) is 10.8. The smallest absolute Gasteiger partial charge is 0.411 e. The molecule has 178 valence electrons. The van der Waals surface area contributed by atoms with Crippen molar-refractivity contribution in [2.24, 2.45) is 11.8 Å². The molecular weight excluding hydrogens is 420 g/mol. The first kappa shape index (κ1) is 27.3. The minimum Gasteiger partial charge on any atom is -0.458 e. The van der Waals surface area contributed by atoms with Crippen molar-refractivity contribution < 1.29 is 23.9 Å². The SMILES string of the molecule is CC(=O)N[C@@H](CC(C)C)[C@H]1[C@H](C=CCl)C[C@H](C(=O)OC(C)(C)C)N1C(=O)OC(C)(C)C. The number of ether oxygens (including phenoxy) is 2. The van der Waals surface area contributed by atoms with Crippen LogP contribution < -0.4 is 5.32 Å². The van der Waals surface area contributed by atoms with E-state index in [4.69, 9.17) is 21.1 Å². The van der Waals surface area contributed by atoms with E-state index >= 15 is 0 Å². The molecule has 1 fully saturated rings. The van der Waals surface area contributed by atoms with Crippen LogP contribution in [0.4, 0.5) is 4.79 Å². The summed E-state index contributed by atoms with van der Waals surface area (Å²) < 4.78 is 11.3. The van der Waals surface area contributed by atoms with Gasteiger partial charge >= 0.3 is 12.1 Å². The van der Waals surface area contributed by atoms with E-state index in [1.165, 1.54) is 17.4 Å². The lowest BCUT2D eigenvalue weighted by atomic mass is 9.88. The van der Waals surface area contributed by atoms with E-state index < -0.39 is 35.3 Å². The number of esters is 1. The topological polar surface area (TPSA) is 84.9 Å². The number of hydrogen-bond acceptors (Lipinski definition) is 5. The van der Waals surface area contributed by atoms with Crippen molar-refractivity contribution in [1.29, 1.82) is 0 Å². The molecule has 31 heavy (non-hydrogen) atoms. The Morgan fingerprint density at radius 1 is 1.10 bits per heavy atom. The minimum absolute atomic E-state index is 0.205. The van der Waals surface area contributed by atoms with Gasteiger partial charge in [0.25, 0.3) is 0 Å². The van der Waals surface area contributed by atoms with E-state index in [0.29, 0.717) is 12.8 Å². The highest BCUT2D eigenvalue weighted by Crippen LogP contribution is 2.37. The first-order valence-electron chi connectivity index (χ1n) is 10.8. The molecule has 1 aliphatic heterocycles. The van der Waals surface area contributed by atoms with Crippen molar-refractivity contribution >= 4 is 29.6 Å². The van der Waals surface area contributed by atoms with Gasteiger partial charge in [0, 0.05) is 18.4 Å². The molecule has 1 heterocycles. The summed E-state index contributed by atoms with van der Waals surface area (Å²) in [6, 6.07) is -1.73. The largest absolute Gasteiger partial charge is 0.458 e. The zero-order valence-electron chi connectivity index (χ0n) is 20.3. The van der Waals surface area contributed by atoms with Crippen LogP contribution in [0.1, 0.15) is 75.2 Å². The first-order valence-corrected chi connectivity index (χ1v) is 11.3. The summed E-state index contributed by atoms with van der Waals surface area (Å²) in [5.74, 6) is -0.708. The molecule has 1 saturated heterocycles. The predicted octanol–water partition coefficient (Wildman–Crippen LogP) is 4.63. The molecule has 0 aromatic heterocycles. The fourth-order valence-electron chi connectivity index (χ4n) is 3.90. The second-order valence-electron chi connectivity index (χ2n) is 10.6. The molecule has 7 nitrogen and oxygen atoms in total. The Morgan fingerprint density at radius 2 is 1.65 bits per heavy atom. The molecule has 1 aliphatic rings. The molecule has 8 heteroatoms. The molecule has 0 bridgehead atoms. The highest BCUT2D eigenvalue weighted by Gasteiger charge is 2.51. The number of amides is 2. The fourth-order valence-corrected chi connectivity index (χ4v) is 4.09. The van der Waals surface area contributed by atoms with Gasteiger partial charge in [0.15, 0.2) is 0 Å².